The maximum absolute atomic E-state index is 13.6. The molecule has 2 aliphatic heterocycles. The van der Waals surface area contributed by atoms with E-state index in [1.807, 2.05) is 19.1 Å². The molecule has 1 spiro atoms. The Kier molecular flexibility index (Phi) is 7.38. The molecule has 0 radical (unpaired) electrons. The van der Waals surface area contributed by atoms with Crippen LogP contribution in [0.2, 0.25) is 0 Å². The number of carbonyl (C=O) groups excluding carboxylic acids is 1. The van der Waals surface area contributed by atoms with Crippen LogP contribution in [0.3, 0.4) is 0 Å². The minimum absolute atomic E-state index is 0.0397. The summed E-state index contributed by atoms with van der Waals surface area (Å²) in [5.41, 5.74) is 5.25. The standard InChI is InChI=1S/C32H36FN3O4S/c1-2-40-30-18-29(23-5-7-25(33)8-6-23)28(22-3-4-22)17-24(30)20-35-15-13-32(14-16-35)19-31(37)36(21-32)26-9-11-27(12-10-26)41(34,38)39/h5-12,17-18,22H,2-4,13-16,19-21H2,1H3,(H2,34,38,39). The lowest BCUT2D eigenvalue weighted by atomic mass is 9.77. The lowest BCUT2D eigenvalue weighted by molar-refractivity contribution is -0.118. The molecule has 0 atom stereocenters. The number of halogens is 1. The highest BCUT2D eigenvalue weighted by molar-refractivity contribution is 7.89. The summed E-state index contributed by atoms with van der Waals surface area (Å²) in [6.07, 6.45) is 4.67. The first-order valence-corrected chi connectivity index (χ1v) is 15.9. The van der Waals surface area contributed by atoms with Gasteiger partial charge in [-0.1, -0.05) is 12.1 Å². The van der Waals surface area contributed by atoms with E-state index in [1.165, 1.54) is 48.2 Å². The SMILES string of the molecule is CCOc1cc(-c2ccc(F)cc2)c(C2CC2)cc1CN1CCC2(CC1)CC(=O)N(c1ccc(S(N)(=O)=O)cc1)C2. The summed E-state index contributed by atoms with van der Waals surface area (Å²) >= 11 is 0. The van der Waals surface area contributed by atoms with Crippen LogP contribution in [0.15, 0.2) is 65.6 Å². The highest BCUT2D eigenvalue weighted by Crippen LogP contribution is 2.47. The Morgan fingerprint density at radius 1 is 1.02 bits per heavy atom. The molecule has 0 bridgehead atoms. The van der Waals surface area contributed by atoms with Crippen LogP contribution in [-0.4, -0.2) is 45.5 Å². The number of anilines is 1. The van der Waals surface area contributed by atoms with Gasteiger partial charge >= 0.3 is 0 Å². The highest BCUT2D eigenvalue weighted by Gasteiger charge is 2.45. The van der Waals surface area contributed by atoms with Crippen LogP contribution >= 0.6 is 0 Å². The van der Waals surface area contributed by atoms with Gasteiger partial charge < -0.3 is 9.64 Å². The normalized spacial score (nSPS) is 19.2. The van der Waals surface area contributed by atoms with Crippen molar-refractivity contribution in [2.45, 2.75) is 56.4 Å². The van der Waals surface area contributed by atoms with Gasteiger partial charge in [0.05, 0.1) is 11.5 Å². The largest absolute Gasteiger partial charge is 0.494 e. The fourth-order valence-corrected chi connectivity index (χ4v) is 6.89. The number of amides is 1. The number of likely N-dealkylation sites (tertiary alicyclic amines) is 1. The van der Waals surface area contributed by atoms with Crippen molar-refractivity contribution >= 4 is 21.6 Å². The molecule has 1 aliphatic carbocycles. The first kappa shape index (κ1) is 27.9. The number of hydrogen-bond acceptors (Lipinski definition) is 5. The van der Waals surface area contributed by atoms with Crippen molar-refractivity contribution in [2.24, 2.45) is 10.6 Å². The Bertz CT molecular complexity index is 1550. The second kappa shape index (κ2) is 10.9. The van der Waals surface area contributed by atoms with E-state index in [0.29, 0.717) is 31.2 Å². The molecule has 2 heterocycles. The molecule has 1 amide bonds. The van der Waals surface area contributed by atoms with Crippen molar-refractivity contribution in [3.63, 3.8) is 0 Å². The first-order valence-electron chi connectivity index (χ1n) is 14.4. The summed E-state index contributed by atoms with van der Waals surface area (Å²) in [7, 11) is -3.78. The van der Waals surface area contributed by atoms with Gasteiger partial charge in [0.15, 0.2) is 0 Å². The van der Waals surface area contributed by atoms with Crippen molar-refractivity contribution < 1.29 is 22.3 Å². The molecule has 3 aliphatic rings. The first-order chi connectivity index (χ1) is 19.6. The van der Waals surface area contributed by atoms with Gasteiger partial charge in [-0.25, -0.2) is 17.9 Å². The van der Waals surface area contributed by atoms with E-state index in [4.69, 9.17) is 9.88 Å². The monoisotopic (exact) mass is 577 g/mol. The third-order valence-electron chi connectivity index (χ3n) is 8.81. The number of primary sulfonamides is 1. The molecule has 9 heteroatoms. The molecule has 0 aromatic heterocycles. The third kappa shape index (κ3) is 5.89. The minimum Gasteiger partial charge on any atom is -0.494 e. The molecule has 3 aromatic rings. The topological polar surface area (TPSA) is 92.9 Å². The predicted molar refractivity (Wildman–Crippen MR) is 157 cm³/mol. The smallest absolute Gasteiger partial charge is 0.238 e. The Morgan fingerprint density at radius 3 is 2.32 bits per heavy atom. The zero-order chi connectivity index (χ0) is 28.8. The van der Waals surface area contributed by atoms with E-state index in [9.17, 15) is 17.6 Å². The predicted octanol–water partition coefficient (Wildman–Crippen LogP) is 5.44. The lowest BCUT2D eigenvalue weighted by Crippen LogP contribution is -2.41. The van der Waals surface area contributed by atoms with Crippen LogP contribution in [0.1, 0.15) is 56.1 Å². The van der Waals surface area contributed by atoms with Crippen molar-refractivity contribution in [3.8, 4) is 16.9 Å². The average Bonchev–Trinajstić information content (AvgIpc) is 3.74. The van der Waals surface area contributed by atoms with E-state index in [1.54, 1.807) is 17.0 Å². The van der Waals surface area contributed by atoms with Gasteiger partial charge in [0.1, 0.15) is 11.6 Å². The van der Waals surface area contributed by atoms with E-state index in [-0.39, 0.29) is 22.0 Å². The van der Waals surface area contributed by atoms with Gasteiger partial charge in [-0.2, -0.15) is 0 Å². The molecular formula is C32H36FN3O4S. The molecule has 6 rings (SSSR count). The fraction of sp³-hybridized carbons (Fsp3) is 0.406. The lowest BCUT2D eigenvalue weighted by Gasteiger charge is -2.39. The average molecular weight is 578 g/mol. The highest BCUT2D eigenvalue weighted by atomic mass is 32.2. The van der Waals surface area contributed by atoms with Crippen molar-refractivity contribution in [1.82, 2.24) is 4.90 Å². The second-order valence-electron chi connectivity index (χ2n) is 11.7. The summed E-state index contributed by atoms with van der Waals surface area (Å²) in [4.78, 5) is 17.3. The Hall–Kier alpha value is -3.27. The number of sulfonamides is 1. The Balaban J connectivity index is 1.17. The maximum atomic E-state index is 13.6. The quantitative estimate of drug-likeness (QED) is 0.385. The van der Waals surface area contributed by atoms with Crippen molar-refractivity contribution in [2.75, 3.05) is 31.1 Å². The zero-order valence-corrected chi connectivity index (χ0v) is 24.1. The number of benzene rings is 3. The number of nitrogens with two attached hydrogens (primary N) is 1. The Morgan fingerprint density at radius 2 is 1.71 bits per heavy atom. The van der Waals surface area contributed by atoms with Crippen LogP contribution in [0.4, 0.5) is 10.1 Å². The summed E-state index contributed by atoms with van der Waals surface area (Å²) < 4.78 is 43.0. The fourth-order valence-electron chi connectivity index (χ4n) is 6.38. The molecule has 1 saturated carbocycles. The number of ether oxygens (including phenoxy) is 1. The molecule has 0 unspecified atom stereocenters. The van der Waals surface area contributed by atoms with Crippen LogP contribution in [0.5, 0.6) is 5.75 Å². The van der Waals surface area contributed by atoms with Gasteiger partial charge in [-0.3, -0.25) is 9.69 Å². The van der Waals surface area contributed by atoms with Gasteiger partial charge in [0.25, 0.3) is 0 Å². The van der Waals surface area contributed by atoms with Gasteiger partial charge in [-0.05, 0) is 122 Å². The molecule has 3 fully saturated rings. The molecule has 41 heavy (non-hydrogen) atoms. The number of hydrogen-bond donors (Lipinski definition) is 1. The summed E-state index contributed by atoms with van der Waals surface area (Å²) in [5, 5.41) is 5.23. The molecule has 216 valence electrons. The number of carbonyl (C=O) groups is 1. The number of nitrogens with zero attached hydrogens (tertiary/aromatic N) is 2. The van der Waals surface area contributed by atoms with E-state index in [0.717, 1.165) is 49.4 Å². The molecule has 3 aromatic carbocycles. The molecule has 7 nitrogen and oxygen atoms in total. The summed E-state index contributed by atoms with van der Waals surface area (Å²) in [5.74, 6) is 1.24. The summed E-state index contributed by atoms with van der Waals surface area (Å²) in [6, 6.07) is 17.4. The van der Waals surface area contributed by atoms with Crippen LogP contribution < -0.4 is 14.8 Å². The van der Waals surface area contributed by atoms with Crippen LogP contribution in [0.25, 0.3) is 11.1 Å². The molecule has 2 saturated heterocycles. The zero-order valence-electron chi connectivity index (χ0n) is 23.3. The third-order valence-corrected chi connectivity index (χ3v) is 9.74. The van der Waals surface area contributed by atoms with E-state index < -0.39 is 10.0 Å². The van der Waals surface area contributed by atoms with Crippen LogP contribution in [-0.2, 0) is 21.4 Å². The van der Waals surface area contributed by atoms with E-state index >= 15 is 0 Å². The van der Waals surface area contributed by atoms with Gasteiger partial charge in [0.2, 0.25) is 15.9 Å². The molecule has 2 N–H and O–H groups in total. The number of rotatable bonds is 8. The maximum Gasteiger partial charge on any atom is 0.238 e. The van der Waals surface area contributed by atoms with Crippen molar-refractivity contribution in [1.29, 1.82) is 0 Å². The second-order valence-corrected chi connectivity index (χ2v) is 13.3. The van der Waals surface area contributed by atoms with Gasteiger partial charge in [0, 0.05) is 30.8 Å². The van der Waals surface area contributed by atoms with Crippen molar-refractivity contribution in [3.05, 3.63) is 77.6 Å². The number of piperidine rings is 1. The van der Waals surface area contributed by atoms with E-state index in [2.05, 4.69) is 17.0 Å². The summed E-state index contributed by atoms with van der Waals surface area (Å²) in [6.45, 7) is 5.74. The minimum atomic E-state index is -3.78. The van der Waals surface area contributed by atoms with Crippen LogP contribution in [0, 0.1) is 11.2 Å². The molecular weight excluding hydrogens is 541 g/mol. The van der Waals surface area contributed by atoms with Gasteiger partial charge in [-0.15, -0.1) is 0 Å². The Labute approximate surface area is 241 Å².